The molecule has 5 heteroatoms. The maximum atomic E-state index is 13.2. The molecule has 4 nitrogen and oxygen atoms in total. The van der Waals surface area contributed by atoms with Gasteiger partial charge in [-0.3, -0.25) is 0 Å². The van der Waals surface area contributed by atoms with E-state index in [1.165, 1.54) is 16.8 Å². The van der Waals surface area contributed by atoms with Gasteiger partial charge in [-0.15, -0.1) is 5.10 Å². The van der Waals surface area contributed by atoms with E-state index in [0.717, 1.165) is 5.69 Å². The van der Waals surface area contributed by atoms with Crippen molar-refractivity contribution < 1.29 is 4.39 Å². The lowest BCUT2D eigenvalue weighted by Gasteiger charge is -1.97. The van der Waals surface area contributed by atoms with Crippen molar-refractivity contribution in [2.45, 2.75) is 13.3 Å². The number of hydrogen-bond donors (Lipinski definition) is 1. The molecule has 0 saturated heterocycles. The van der Waals surface area contributed by atoms with E-state index < -0.39 is 0 Å². The third kappa shape index (κ3) is 1.12. The minimum Gasteiger partial charge on any atom is -0.367 e. The number of aryl methyl sites for hydroxylation is 1. The number of aromatic nitrogens is 3. The fraction of sp³-hybridized carbons (Fsp3) is 0.250. The van der Waals surface area contributed by atoms with Gasteiger partial charge in [0.25, 0.3) is 0 Å². The molecule has 0 atom stereocenters. The molecule has 2 aromatic heterocycles. The quantitative estimate of drug-likeness (QED) is 0.712. The number of nitrogens with zero attached hydrogens (tertiary/aromatic N) is 3. The Morgan fingerprint density at radius 3 is 3.08 bits per heavy atom. The second kappa shape index (κ2) is 2.69. The predicted molar refractivity (Wildman–Crippen MR) is 46.7 cm³/mol. The Kier molecular flexibility index (Phi) is 1.65. The van der Waals surface area contributed by atoms with Gasteiger partial charge in [0.05, 0.1) is 6.20 Å². The van der Waals surface area contributed by atoms with Crippen LogP contribution in [0.15, 0.2) is 12.3 Å². The summed E-state index contributed by atoms with van der Waals surface area (Å²) in [7, 11) is 0. The molecule has 0 bridgehead atoms. The van der Waals surface area contributed by atoms with Gasteiger partial charge in [0, 0.05) is 5.69 Å². The lowest BCUT2D eigenvalue weighted by molar-refractivity contribution is 0.638. The molecule has 0 aliphatic carbocycles. The molecule has 2 N–H and O–H groups in total. The van der Waals surface area contributed by atoms with Crippen molar-refractivity contribution in [3.8, 4) is 0 Å². The van der Waals surface area contributed by atoms with Crippen LogP contribution in [-0.2, 0) is 6.42 Å². The molecule has 2 heterocycles. The standard InChI is InChI=1S/C8H9FN4/c1-2-5-3-6(9)7-4-11-8(10)12-13(5)7/h3-4H,2H2,1H3,(H2,10,12). The lowest BCUT2D eigenvalue weighted by atomic mass is 10.3. The number of anilines is 1. The summed E-state index contributed by atoms with van der Waals surface area (Å²) < 4.78 is 14.7. The molecule has 2 aromatic rings. The second-order valence-electron chi connectivity index (χ2n) is 2.75. The Labute approximate surface area is 74.2 Å². The Morgan fingerprint density at radius 2 is 2.38 bits per heavy atom. The average molecular weight is 180 g/mol. The number of nitrogens with two attached hydrogens (primary N) is 1. The van der Waals surface area contributed by atoms with Gasteiger partial charge in [-0.1, -0.05) is 6.92 Å². The highest BCUT2D eigenvalue weighted by atomic mass is 19.1. The molecule has 0 aliphatic heterocycles. The van der Waals surface area contributed by atoms with Crippen LogP contribution < -0.4 is 5.73 Å². The summed E-state index contributed by atoms with van der Waals surface area (Å²) in [4.78, 5) is 3.72. The fourth-order valence-electron chi connectivity index (χ4n) is 1.28. The van der Waals surface area contributed by atoms with E-state index in [1.54, 1.807) is 0 Å². The number of halogens is 1. The van der Waals surface area contributed by atoms with Crippen molar-refractivity contribution in [2.24, 2.45) is 0 Å². The highest BCUT2D eigenvalue weighted by molar-refractivity contribution is 5.49. The van der Waals surface area contributed by atoms with Crippen molar-refractivity contribution in [1.29, 1.82) is 0 Å². The van der Waals surface area contributed by atoms with Gasteiger partial charge in [0.2, 0.25) is 5.95 Å². The Balaban J connectivity index is 2.81. The highest BCUT2D eigenvalue weighted by Gasteiger charge is 2.08. The molecule has 0 aliphatic rings. The van der Waals surface area contributed by atoms with Gasteiger partial charge in [-0.05, 0) is 12.5 Å². The Hall–Kier alpha value is -1.65. The first-order chi connectivity index (χ1) is 6.22. The van der Waals surface area contributed by atoms with Crippen LogP contribution in [0.1, 0.15) is 12.6 Å². The maximum Gasteiger partial charge on any atom is 0.238 e. The first kappa shape index (κ1) is 7.97. The predicted octanol–water partition coefficient (Wildman–Crippen LogP) is 1.01. The van der Waals surface area contributed by atoms with Gasteiger partial charge in [0.15, 0.2) is 5.82 Å². The van der Waals surface area contributed by atoms with E-state index >= 15 is 0 Å². The molecular formula is C8H9FN4. The van der Waals surface area contributed by atoms with Crippen molar-refractivity contribution in [3.63, 3.8) is 0 Å². The lowest BCUT2D eigenvalue weighted by Crippen LogP contribution is -2.02. The van der Waals surface area contributed by atoms with Crippen LogP contribution in [0, 0.1) is 5.82 Å². The molecule has 0 spiro atoms. The third-order valence-corrected chi connectivity index (χ3v) is 1.92. The van der Waals surface area contributed by atoms with Crippen LogP contribution >= 0.6 is 0 Å². The summed E-state index contributed by atoms with van der Waals surface area (Å²) in [5, 5.41) is 3.91. The summed E-state index contributed by atoms with van der Waals surface area (Å²) in [6.07, 6.45) is 2.10. The van der Waals surface area contributed by atoms with E-state index in [9.17, 15) is 4.39 Å². The highest BCUT2D eigenvalue weighted by Crippen LogP contribution is 2.13. The average Bonchev–Trinajstić information content (AvgIpc) is 2.42. The molecule has 0 saturated carbocycles. The van der Waals surface area contributed by atoms with Crippen molar-refractivity contribution in [2.75, 3.05) is 5.73 Å². The molecule has 0 amide bonds. The summed E-state index contributed by atoms with van der Waals surface area (Å²) in [5.74, 6) is -0.158. The first-order valence-corrected chi connectivity index (χ1v) is 4.01. The maximum absolute atomic E-state index is 13.2. The van der Waals surface area contributed by atoms with Crippen LogP contribution in [0.4, 0.5) is 10.3 Å². The minimum atomic E-state index is -0.308. The van der Waals surface area contributed by atoms with E-state index in [4.69, 9.17) is 5.73 Å². The van der Waals surface area contributed by atoms with Crippen LogP contribution in [0.5, 0.6) is 0 Å². The van der Waals surface area contributed by atoms with E-state index in [2.05, 4.69) is 10.1 Å². The zero-order chi connectivity index (χ0) is 9.42. The summed E-state index contributed by atoms with van der Waals surface area (Å²) in [6.45, 7) is 1.93. The zero-order valence-electron chi connectivity index (χ0n) is 7.16. The van der Waals surface area contributed by atoms with Gasteiger partial charge >= 0.3 is 0 Å². The van der Waals surface area contributed by atoms with Crippen LogP contribution in [0.25, 0.3) is 5.52 Å². The number of nitrogen functional groups attached to an aromatic ring is 1. The van der Waals surface area contributed by atoms with Crippen molar-refractivity contribution in [3.05, 3.63) is 23.8 Å². The molecule has 68 valence electrons. The molecule has 0 fully saturated rings. The van der Waals surface area contributed by atoms with Crippen LogP contribution in [0.2, 0.25) is 0 Å². The zero-order valence-corrected chi connectivity index (χ0v) is 7.16. The molecule has 13 heavy (non-hydrogen) atoms. The van der Waals surface area contributed by atoms with E-state index in [0.29, 0.717) is 11.9 Å². The van der Waals surface area contributed by atoms with Gasteiger partial charge in [-0.25, -0.2) is 13.9 Å². The minimum absolute atomic E-state index is 0.151. The molecular weight excluding hydrogens is 171 g/mol. The second-order valence-corrected chi connectivity index (χ2v) is 2.75. The van der Waals surface area contributed by atoms with Crippen molar-refractivity contribution >= 4 is 11.5 Å². The fourth-order valence-corrected chi connectivity index (χ4v) is 1.28. The smallest absolute Gasteiger partial charge is 0.238 e. The summed E-state index contributed by atoms with van der Waals surface area (Å²) in [6, 6.07) is 1.45. The molecule has 0 radical (unpaired) electrons. The third-order valence-electron chi connectivity index (χ3n) is 1.92. The van der Waals surface area contributed by atoms with Crippen LogP contribution in [-0.4, -0.2) is 14.6 Å². The number of rotatable bonds is 1. The number of hydrogen-bond acceptors (Lipinski definition) is 3. The van der Waals surface area contributed by atoms with Gasteiger partial charge < -0.3 is 5.73 Å². The topological polar surface area (TPSA) is 56.2 Å². The molecule has 0 unspecified atom stereocenters. The van der Waals surface area contributed by atoms with Gasteiger partial charge in [-0.2, -0.15) is 0 Å². The van der Waals surface area contributed by atoms with E-state index in [1.807, 2.05) is 6.92 Å². The molecule has 2 rings (SSSR count). The monoisotopic (exact) mass is 180 g/mol. The Morgan fingerprint density at radius 1 is 1.62 bits per heavy atom. The SMILES string of the molecule is CCc1cc(F)c2cnc(N)nn12. The van der Waals surface area contributed by atoms with Gasteiger partial charge in [0.1, 0.15) is 5.52 Å². The normalized spacial score (nSPS) is 10.9. The Bertz CT molecular complexity index is 449. The van der Waals surface area contributed by atoms with Crippen molar-refractivity contribution in [1.82, 2.24) is 14.6 Å². The number of fused-ring (bicyclic) bond motifs is 1. The largest absolute Gasteiger partial charge is 0.367 e. The summed E-state index contributed by atoms with van der Waals surface area (Å²) in [5.41, 5.74) is 6.55. The first-order valence-electron chi connectivity index (χ1n) is 4.01. The van der Waals surface area contributed by atoms with Crippen LogP contribution in [0.3, 0.4) is 0 Å². The molecule has 0 aromatic carbocycles. The van der Waals surface area contributed by atoms with E-state index in [-0.39, 0.29) is 11.8 Å². The summed E-state index contributed by atoms with van der Waals surface area (Å²) >= 11 is 0.